The smallest absolute Gasteiger partial charge is 0.303 e. The summed E-state index contributed by atoms with van der Waals surface area (Å²) in [5.41, 5.74) is 0.774. The maximum absolute atomic E-state index is 10.5. The van der Waals surface area contributed by atoms with E-state index in [9.17, 15) is 4.79 Å². The van der Waals surface area contributed by atoms with Crippen molar-refractivity contribution < 1.29 is 9.90 Å². The van der Waals surface area contributed by atoms with Gasteiger partial charge in [0.25, 0.3) is 0 Å². The van der Waals surface area contributed by atoms with E-state index in [2.05, 4.69) is 20.4 Å². The molecule has 2 heterocycles. The predicted molar refractivity (Wildman–Crippen MR) is 70.8 cm³/mol. The largest absolute Gasteiger partial charge is 0.481 e. The third kappa shape index (κ3) is 3.18. The van der Waals surface area contributed by atoms with Gasteiger partial charge in [-0.2, -0.15) is 5.10 Å². The summed E-state index contributed by atoms with van der Waals surface area (Å²) in [5, 5.41) is 16.9. The van der Waals surface area contributed by atoms with Crippen molar-refractivity contribution in [2.75, 3.05) is 11.9 Å². The Kier molecular flexibility index (Phi) is 3.94. The number of carbonyl (C=O) groups is 1. The molecule has 2 N–H and O–H groups in total. The molecular weight excluding hydrogens is 246 g/mol. The van der Waals surface area contributed by atoms with E-state index in [1.165, 1.54) is 6.33 Å². The molecule has 0 saturated heterocycles. The van der Waals surface area contributed by atoms with Gasteiger partial charge in [-0.15, -0.1) is 0 Å². The Balaban J connectivity index is 2.00. The molecule has 0 amide bonds. The Morgan fingerprint density at radius 2 is 2.32 bits per heavy atom. The van der Waals surface area contributed by atoms with Crippen molar-refractivity contribution in [3.05, 3.63) is 12.5 Å². The van der Waals surface area contributed by atoms with Gasteiger partial charge in [0.1, 0.15) is 12.1 Å². The van der Waals surface area contributed by atoms with Crippen LogP contribution in [-0.2, 0) is 11.8 Å². The maximum Gasteiger partial charge on any atom is 0.303 e. The molecule has 19 heavy (non-hydrogen) atoms. The molecule has 2 aromatic rings. The summed E-state index contributed by atoms with van der Waals surface area (Å²) in [4.78, 5) is 18.9. The average molecular weight is 263 g/mol. The van der Waals surface area contributed by atoms with Crippen LogP contribution in [0.15, 0.2) is 12.5 Å². The zero-order valence-corrected chi connectivity index (χ0v) is 11.0. The zero-order chi connectivity index (χ0) is 13.8. The summed E-state index contributed by atoms with van der Waals surface area (Å²) in [6, 6.07) is 0. The number of anilines is 1. The van der Waals surface area contributed by atoms with Crippen LogP contribution in [0.5, 0.6) is 0 Å². The first-order valence-corrected chi connectivity index (χ1v) is 6.16. The molecule has 0 bridgehead atoms. The first kappa shape index (κ1) is 13.3. The van der Waals surface area contributed by atoms with E-state index in [4.69, 9.17) is 5.11 Å². The van der Waals surface area contributed by atoms with Crippen LogP contribution in [0.25, 0.3) is 11.0 Å². The van der Waals surface area contributed by atoms with E-state index >= 15 is 0 Å². The molecule has 7 heteroatoms. The number of nitrogens with one attached hydrogen (secondary N) is 1. The minimum Gasteiger partial charge on any atom is -0.481 e. The van der Waals surface area contributed by atoms with Gasteiger partial charge in [-0.3, -0.25) is 9.48 Å². The number of carboxylic acid groups (broad SMARTS) is 1. The first-order valence-electron chi connectivity index (χ1n) is 6.16. The summed E-state index contributed by atoms with van der Waals surface area (Å²) in [6.45, 7) is 2.69. The quantitative estimate of drug-likeness (QED) is 0.815. The Morgan fingerprint density at radius 1 is 1.53 bits per heavy atom. The number of carboxylic acids is 1. The van der Waals surface area contributed by atoms with Crippen LogP contribution in [0.3, 0.4) is 0 Å². The zero-order valence-electron chi connectivity index (χ0n) is 11.0. The third-order valence-corrected chi connectivity index (χ3v) is 3.00. The Morgan fingerprint density at radius 3 is 3.05 bits per heavy atom. The van der Waals surface area contributed by atoms with E-state index in [0.29, 0.717) is 13.0 Å². The summed E-state index contributed by atoms with van der Waals surface area (Å²) < 4.78 is 1.69. The lowest BCUT2D eigenvalue weighted by Crippen LogP contribution is -2.13. The van der Waals surface area contributed by atoms with Gasteiger partial charge in [-0.1, -0.05) is 6.92 Å². The first-order chi connectivity index (χ1) is 9.08. The second kappa shape index (κ2) is 5.64. The second-order valence-electron chi connectivity index (χ2n) is 4.65. The Hall–Kier alpha value is -2.18. The lowest BCUT2D eigenvalue weighted by molar-refractivity contribution is -0.137. The van der Waals surface area contributed by atoms with E-state index < -0.39 is 5.97 Å². The van der Waals surface area contributed by atoms with Crippen molar-refractivity contribution in [1.29, 1.82) is 0 Å². The van der Waals surface area contributed by atoms with Crippen LogP contribution in [0.4, 0.5) is 5.82 Å². The van der Waals surface area contributed by atoms with Crippen molar-refractivity contribution in [3.8, 4) is 0 Å². The van der Waals surface area contributed by atoms with Crippen LogP contribution in [0.2, 0.25) is 0 Å². The standard InChI is InChI=1S/C12H17N5O2/c1-8(3-4-10(18)19)5-13-11-9-6-16-17(2)12(9)15-7-14-11/h6-8H,3-5H2,1-2H3,(H,18,19)(H,13,14,15). The highest BCUT2D eigenvalue weighted by Gasteiger charge is 2.09. The van der Waals surface area contributed by atoms with Gasteiger partial charge in [0.05, 0.1) is 11.6 Å². The molecule has 2 rings (SSSR count). The highest BCUT2D eigenvalue weighted by atomic mass is 16.4. The Labute approximate surface area is 110 Å². The lowest BCUT2D eigenvalue weighted by atomic mass is 10.1. The highest BCUT2D eigenvalue weighted by molar-refractivity contribution is 5.85. The number of hydrogen-bond donors (Lipinski definition) is 2. The number of fused-ring (bicyclic) bond motifs is 1. The molecule has 0 fully saturated rings. The van der Waals surface area contributed by atoms with Gasteiger partial charge in [-0.25, -0.2) is 9.97 Å². The van der Waals surface area contributed by atoms with E-state index in [0.717, 1.165) is 16.9 Å². The fourth-order valence-electron chi connectivity index (χ4n) is 1.85. The van der Waals surface area contributed by atoms with E-state index in [-0.39, 0.29) is 12.3 Å². The molecule has 7 nitrogen and oxygen atoms in total. The molecule has 102 valence electrons. The fourth-order valence-corrected chi connectivity index (χ4v) is 1.85. The molecule has 2 aromatic heterocycles. The molecule has 0 aromatic carbocycles. The number of aryl methyl sites for hydroxylation is 1. The molecule has 0 aliphatic carbocycles. The summed E-state index contributed by atoms with van der Waals surface area (Å²) >= 11 is 0. The van der Waals surface area contributed by atoms with Crippen LogP contribution >= 0.6 is 0 Å². The van der Waals surface area contributed by atoms with E-state index in [1.807, 2.05) is 14.0 Å². The fraction of sp³-hybridized carbons (Fsp3) is 0.500. The van der Waals surface area contributed by atoms with Gasteiger partial charge in [0, 0.05) is 20.0 Å². The van der Waals surface area contributed by atoms with Crippen molar-refractivity contribution >= 4 is 22.8 Å². The molecular formula is C12H17N5O2. The Bertz CT molecular complexity index is 581. The third-order valence-electron chi connectivity index (χ3n) is 3.00. The van der Waals surface area contributed by atoms with Crippen molar-refractivity contribution in [3.63, 3.8) is 0 Å². The van der Waals surface area contributed by atoms with Crippen molar-refractivity contribution in [2.45, 2.75) is 19.8 Å². The van der Waals surface area contributed by atoms with Gasteiger partial charge >= 0.3 is 5.97 Å². The van der Waals surface area contributed by atoms with Gasteiger partial charge in [-0.05, 0) is 12.3 Å². The summed E-state index contributed by atoms with van der Waals surface area (Å²) in [7, 11) is 1.83. The monoisotopic (exact) mass is 263 g/mol. The molecule has 0 saturated carbocycles. The van der Waals surface area contributed by atoms with Crippen molar-refractivity contribution in [1.82, 2.24) is 19.7 Å². The van der Waals surface area contributed by atoms with Crippen LogP contribution in [0, 0.1) is 5.92 Å². The van der Waals surface area contributed by atoms with Crippen LogP contribution in [0.1, 0.15) is 19.8 Å². The SMILES string of the molecule is CC(CCC(=O)O)CNc1ncnc2c1cnn2C. The summed E-state index contributed by atoms with van der Waals surface area (Å²) in [5.74, 6) is 0.238. The molecule has 0 spiro atoms. The second-order valence-corrected chi connectivity index (χ2v) is 4.65. The summed E-state index contributed by atoms with van der Waals surface area (Å²) in [6.07, 6.45) is 4.05. The predicted octanol–water partition coefficient (Wildman–Crippen LogP) is 1.28. The van der Waals surface area contributed by atoms with Gasteiger partial charge < -0.3 is 10.4 Å². The highest BCUT2D eigenvalue weighted by Crippen LogP contribution is 2.18. The van der Waals surface area contributed by atoms with Crippen LogP contribution < -0.4 is 5.32 Å². The molecule has 0 aliphatic heterocycles. The lowest BCUT2D eigenvalue weighted by Gasteiger charge is -2.12. The van der Waals surface area contributed by atoms with Gasteiger partial charge in [0.15, 0.2) is 5.65 Å². The molecule has 0 aliphatic rings. The number of nitrogens with zero attached hydrogens (tertiary/aromatic N) is 4. The van der Waals surface area contributed by atoms with Crippen molar-refractivity contribution in [2.24, 2.45) is 13.0 Å². The van der Waals surface area contributed by atoms with Crippen LogP contribution in [-0.4, -0.2) is 37.4 Å². The normalized spacial score (nSPS) is 12.5. The average Bonchev–Trinajstić information content (AvgIpc) is 2.76. The number of hydrogen-bond acceptors (Lipinski definition) is 5. The number of aromatic nitrogens is 4. The van der Waals surface area contributed by atoms with E-state index in [1.54, 1.807) is 10.9 Å². The molecule has 0 radical (unpaired) electrons. The number of rotatable bonds is 6. The maximum atomic E-state index is 10.5. The minimum atomic E-state index is -0.761. The topological polar surface area (TPSA) is 92.9 Å². The molecule has 1 unspecified atom stereocenters. The molecule has 1 atom stereocenters. The van der Waals surface area contributed by atoms with Gasteiger partial charge in [0.2, 0.25) is 0 Å². The minimum absolute atomic E-state index is 0.189. The number of aliphatic carboxylic acids is 1.